The Morgan fingerprint density at radius 2 is 2.12 bits per heavy atom. The van der Waals surface area contributed by atoms with Gasteiger partial charge in [0.05, 0.1) is 5.02 Å². The van der Waals surface area contributed by atoms with Crippen LogP contribution in [0.15, 0.2) is 47.2 Å². The fourth-order valence-electron chi connectivity index (χ4n) is 2.33. The van der Waals surface area contributed by atoms with Crippen LogP contribution in [0, 0.1) is 0 Å². The van der Waals surface area contributed by atoms with Crippen molar-refractivity contribution >= 4 is 23.2 Å². The number of halogens is 1. The van der Waals surface area contributed by atoms with Gasteiger partial charge >= 0.3 is 0 Å². The van der Waals surface area contributed by atoms with Crippen molar-refractivity contribution in [2.45, 2.75) is 0 Å². The summed E-state index contributed by atoms with van der Waals surface area (Å²) in [6.45, 7) is 0.0896. The molecule has 2 heterocycles. The van der Waals surface area contributed by atoms with E-state index >= 15 is 0 Å². The maximum Gasteiger partial charge on any atom is 0.255 e. The van der Waals surface area contributed by atoms with Gasteiger partial charge in [0.1, 0.15) is 0 Å². The minimum Gasteiger partial charge on any atom is -0.454 e. The molecule has 7 nitrogen and oxygen atoms in total. The molecule has 0 radical (unpaired) electrons. The van der Waals surface area contributed by atoms with Gasteiger partial charge in [0, 0.05) is 16.8 Å². The van der Waals surface area contributed by atoms with E-state index in [1.165, 1.54) is 12.5 Å². The minimum absolute atomic E-state index is 0.0896. The molecule has 0 aliphatic carbocycles. The van der Waals surface area contributed by atoms with Crippen LogP contribution in [0.4, 0.5) is 5.69 Å². The van der Waals surface area contributed by atoms with Crippen molar-refractivity contribution in [3.63, 3.8) is 0 Å². The van der Waals surface area contributed by atoms with Gasteiger partial charge in [-0.25, -0.2) is 0 Å². The number of rotatable bonds is 3. The van der Waals surface area contributed by atoms with E-state index in [0.29, 0.717) is 39.2 Å². The second-order valence-corrected chi connectivity index (χ2v) is 5.38. The molecule has 3 aromatic rings. The summed E-state index contributed by atoms with van der Waals surface area (Å²) in [5.74, 6) is 0.953. The molecule has 1 N–H and O–H groups in total. The third-order valence-corrected chi connectivity index (χ3v) is 3.70. The Labute approximate surface area is 141 Å². The molecule has 0 saturated carbocycles. The molecule has 0 spiro atoms. The molecule has 0 atom stereocenters. The highest BCUT2D eigenvalue weighted by atomic mass is 35.5. The molecule has 4 rings (SSSR count). The van der Waals surface area contributed by atoms with Gasteiger partial charge in [-0.05, 0) is 30.3 Å². The number of nitrogens with one attached hydrogen (secondary N) is 1. The van der Waals surface area contributed by atoms with Gasteiger partial charge in [-0.2, -0.15) is 0 Å². The highest BCUT2D eigenvalue weighted by Gasteiger charge is 2.20. The molecule has 0 saturated heterocycles. The highest BCUT2D eigenvalue weighted by Crippen LogP contribution is 2.39. The minimum atomic E-state index is -0.321. The van der Waals surface area contributed by atoms with Gasteiger partial charge in [0.15, 0.2) is 11.5 Å². The largest absolute Gasteiger partial charge is 0.454 e. The lowest BCUT2D eigenvalue weighted by Crippen LogP contribution is -2.11. The molecule has 24 heavy (non-hydrogen) atoms. The number of amides is 1. The third kappa shape index (κ3) is 2.65. The Kier molecular flexibility index (Phi) is 3.55. The first-order chi connectivity index (χ1) is 11.7. The van der Waals surface area contributed by atoms with E-state index in [0.717, 1.165) is 0 Å². The van der Waals surface area contributed by atoms with Crippen molar-refractivity contribution in [2.24, 2.45) is 0 Å². The van der Waals surface area contributed by atoms with Gasteiger partial charge in [-0.3, -0.25) is 4.79 Å². The van der Waals surface area contributed by atoms with Crippen molar-refractivity contribution in [1.82, 2.24) is 10.2 Å². The number of ether oxygens (including phenoxy) is 2. The van der Waals surface area contributed by atoms with Crippen LogP contribution in [0.25, 0.3) is 11.5 Å². The lowest BCUT2D eigenvalue weighted by Gasteiger charge is -2.08. The SMILES string of the molecule is O=C(Nc1cccc(-c2nnco2)c1)c1cc(Cl)c2c(c1)OCO2. The molecule has 8 heteroatoms. The molecular weight excluding hydrogens is 334 g/mol. The molecule has 1 aliphatic rings. The van der Waals surface area contributed by atoms with E-state index in [1.807, 2.05) is 0 Å². The van der Waals surface area contributed by atoms with E-state index < -0.39 is 0 Å². The highest BCUT2D eigenvalue weighted by molar-refractivity contribution is 6.32. The van der Waals surface area contributed by atoms with Crippen LogP contribution >= 0.6 is 11.6 Å². The van der Waals surface area contributed by atoms with Crippen LogP contribution < -0.4 is 14.8 Å². The fraction of sp³-hybridized carbons (Fsp3) is 0.0625. The zero-order valence-corrected chi connectivity index (χ0v) is 12.9. The monoisotopic (exact) mass is 343 g/mol. The number of hydrogen-bond donors (Lipinski definition) is 1. The van der Waals surface area contributed by atoms with E-state index in [1.54, 1.807) is 30.3 Å². The number of benzene rings is 2. The molecule has 0 bridgehead atoms. The molecule has 120 valence electrons. The van der Waals surface area contributed by atoms with E-state index in [-0.39, 0.29) is 12.7 Å². The average Bonchev–Trinajstić information content (AvgIpc) is 3.26. The van der Waals surface area contributed by atoms with Gasteiger partial charge in [0.2, 0.25) is 19.1 Å². The summed E-state index contributed by atoms with van der Waals surface area (Å²) in [7, 11) is 0. The Morgan fingerprint density at radius 1 is 1.21 bits per heavy atom. The van der Waals surface area contributed by atoms with Crippen LogP contribution in [0.5, 0.6) is 11.5 Å². The molecule has 2 aromatic carbocycles. The fourth-order valence-corrected chi connectivity index (χ4v) is 2.60. The van der Waals surface area contributed by atoms with Gasteiger partial charge in [-0.15, -0.1) is 10.2 Å². The molecule has 1 aromatic heterocycles. The number of aromatic nitrogens is 2. The zero-order valence-electron chi connectivity index (χ0n) is 12.2. The van der Waals surface area contributed by atoms with Crippen LogP contribution in [-0.2, 0) is 0 Å². The molecular formula is C16H10ClN3O4. The maximum absolute atomic E-state index is 12.4. The third-order valence-electron chi connectivity index (χ3n) is 3.42. The normalized spacial score (nSPS) is 12.2. The first-order valence-corrected chi connectivity index (χ1v) is 7.35. The summed E-state index contributed by atoms with van der Waals surface area (Å²) in [5, 5.41) is 10.6. The standard InChI is InChI=1S/C16H10ClN3O4/c17-12-5-10(6-13-14(12)24-8-23-13)15(21)19-11-3-1-2-9(4-11)16-20-18-7-22-16/h1-7H,8H2,(H,19,21). The molecule has 1 amide bonds. The lowest BCUT2D eigenvalue weighted by molar-refractivity contribution is 0.102. The van der Waals surface area contributed by atoms with E-state index in [9.17, 15) is 4.79 Å². The molecule has 1 aliphatic heterocycles. The summed E-state index contributed by atoms with van der Waals surface area (Å²) in [4.78, 5) is 12.4. The lowest BCUT2D eigenvalue weighted by atomic mass is 10.1. The summed E-state index contributed by atoms with van der Waals surface area (Å²) in [6.07, 6.45) is 1.25. The number of nitrogens with zero attached hydrogens (tertiary/aromatic N) is 2. The second kappa shape index (κ2) is 5.86. The van der Waals surface area contributed by atoms with E-state index in [2.05, 4.69) is 15.5 Å². The number of hydrogen-bond acceptors (Lipinski definition) is 6. The summed E-state index contributed by atoms with van der Waals surface area (Å²) < 4.78 is 15.7. The first kappa shape index (κ1) is 14.5. The van der Waals surface area contributed by atoms with Gasteiger partial charge in [-0.1, -0.05) is 17.7 Å². The van der Waals surface area contributed by atoms with Crippen LogP contribution in [0.3, 0.4) is 0 Å². The Morgan fingerprint density at radius 3 is 2.96 bits per heavy atom. The van der Waals surface area contributed by atoms with Crippen molar-refractivity contribution in [2.75, 3.05) is 12.1 Å². The van der Waals surface area contributed by atoms with Gasteiger partial charge < -0.3 is 19.2 Å². The maximum atomic E-state index is 12.4. The summed E-state index contributed by atoms with van der Waals surface area (Å²) in [5.41, 5.74) is 1.66. The average molecular weight is 344 g/mol. The van der Waals surface area contributed by atoms with Crippen molar-refractivity contribution in [3.05, 3.63) is 53.4 Å². The number of fused-ring (bicyclic) bond motifs is 1. The molecule has 0 unspecified atom stereocenters. The predicted molar refractivity (Wildman–Crippen MR) is 85.3 cm³/mol. The summed E-state index contributed by atoms with van der Waals surface area (Å²) in [6, 6.07) is 10.2. The van der Waals surface area contributed by atoms with Crippen LogP contribution in [0.2, 0.25) is 5.02 Å². The number of anilines is 1. The number of carbonyl (C=O) groups excluding carboxylic acids is 1. The first-order valence-electron chi connectivity index (χ1n) is 6.98. The Bertz CT molecular complexity index is 912. The molecule has 0 fully saturated rings. The van der Waals surface area contributed by atoms with E-state index in [4.69, 9.17) is 25.5 Å². The summed E-state index contributed by atoms with van der Waals surface area (Å²) >= 11 is 6.10. The van der Waals surface area contributed by atoms with Crippen molar-refractivity contribution in [3.8, 4) is 23.0 Å². The Balaban J connectivity index is 1.59. The van der Waals surface area contributed by atoms with Crippen molar-refractivity contribution in [1.29, 1.82) is 0 Å². The van der Waals surface area contributed by atoms with Crippen molar-refractivity contribution < 1.29 is 18.7 Å². The van der Waals surface area contributed by atoms with Gasteiger partial charge in [0.25, 0.3) is 5.91 Å². The second-order valence-electron chi connectivity index (χ2n) is 4.97. The Hall–Kier alpha value is -3.06. The topological polar surface area (TPSA) is 86.5 Å². The van der Waals surface area contributed by atoms with Crippen LogP contribution in [-0.4, -0.2) is 22.9 Å². The predicted octanol–water partition coefficient (Wildman–Crippen LogP) is 3.37. The quantitative estimate of drug-likeness (QED) is 0.784. The number of carbonyl (C=O) groups is 1. The smallest absolute Gasteiger partial charge is 0.255 e. The zero-order chi connectivity index (χ0) is 16.5. The van der Waals surface area contributed by atoms with Crippen LogP contribution in [0.1, 0.15) is 10.4 Å².